The SMILES string of the molecule is COCCN(CCO)c1ncnc(N)c1Br. The number of nitrogen functional groups attached to an aromatic ring is 1. The van der Waals surface area contributed by atoms with Crippen LogP contribution in [0, 0.1) is 0 Å². The van der Waals surface area contributed by atoms with Crippen LogP contribution < -0.4 is 10.6 Å². The lowest BCUT2D eigenvalue weighted by molar-refractivity contribution is 0.202. The van der Waals surface area contributed by atoms with Crippen LogP contribution in [0.25, 0.3) is 0 Å². The summed E-state index contributed by atoms with van der Waals surface area (Å²) in [5, 5.41) is 8.99. The molecule has 1 aromatic rings. The van der Waals surface area contributed by atoms with E-state index in [-0.39, 0.29) is 6.61 Å². The topological polar surface area (TPSA) is 84.5 Å². The van der Waals surface area contributed by atoms with E-state index in [2.05, 4.69) is 25.9 Å². The van der Waals surface area contributed by atoms with Gasteiger partial charge in [0.15, 0.2) is 0 Å². The highest BCUT2D eigenvalue weighted by Gasteiger charge is 2.13. The van der Waals surface area contributed by atoms with E-state index in [4.69, 9.17) is 15.6 Å². The fraction of sp³-hybridized carbons (Fsp3) is 0.556. The Kier molecular flexibility index (Phi) is 5.44. The summed E-state index contributed by atoms with van der Waals surface area (Å²) >= 11 is 3.33. The number of methoxy groups -OCH3 is 1. The first-order valence-electron chi connectivity index (χ1n) is 4.81. The predicted octanol–water partition coefficient (Wildman–Crippen LogP) is 0.266. The van der Waals surface area contributed by atoms with Gasteiger partial charge in [-0.15, -0.1) is 0 Å². The summed E-state index contributed by atoms with van der Waals surface area (Å²) in [5.74, 6) is 1.05. The number of hydrogen-bond donors (Lipinski definition) is 2. The van der Waals surface area contributed by atoms with E-state index in [0.29, 0.717) is 35.8 Å². The molecule has 7 heteroatoms. The Balaban J connectivity index is 2.86. The molecule has 0 saturated carbocycles. The number of rotatable bonds is 6. The number of hydrogen-bond acceptors (Lipinski definition) is 6. The first kappa shape index (κ1) is 13.1. The highest BCUT2D eigenvalue weighted by atomic mass is 79.9. The summed E-state index contributed by atoms with van der Waals surface area (Å²) in [7, 11) is 1.63. The second kappa shape index (κ2) is 6.62. The van der Waals surface area contributed by atoms with Crippen molar-refractivity contribution in [2.45, 2.75) is 0 Å². The molecule has 0 atom stereocenters. The van der Waals surface area contributed by atoms with Gasteiger partial charge in [0.05, 0.1) is 13.2 Å². The van der Waals surface area contributed by atoms with Gasteiger partial charge in [-0.25, -0.2) is 9.97 Å². The largest absolute Gasteiger partial charge is 0.395 e. The lowest BCUT2D eigenvalue weighted by Crippen LogP contribution is -2.31. The van der Waals surface area contributed by atoms with Gasteiger partial charge < -0.3 is 20.5 Å². The van der Waals surface area contributed by atoms with Crippen LogP contribution in [0.4, 0.5) is 11.6 Å². The van der Waals surface area contributed by atoms with Gasteiger partial charge in [0.25, 0.3) is 0 Å². The van der Waals surface area contributed by atoms with Crippen LogP contribution in [0.3, 0.4) is 0 Å². The summed E-state index contributed by atoms with van der Waals surface area (Å²) in [6, 6.07) is 0. The molecule has 16 heavy (non-hydrogen) atoms. The Labute approximate surface area is 103 Å². The van der Waals surface area contributed by atoms with E-state index >= 15 is 0 Å². The van der Waals surface area contributed by atoms with E-state index < -0.39 is 0 Å². The molecule has 0 unspecified atom stereocenters. The lowest BCUT2D eigenvalue weighted by Gasteiger charge is -2.23. The number of aliphatic hydroxyl groups excluding tert-OH is 1. The zero-order valence-corrected chi connectivity index (χ0v) is 10.6. The normalized spacial score (nSPS) is 10.4. The molecule has 0 aromatic carbocycles. The van der Waals surface area contributed by atoms with Gasteiger partial charge in [0.1, 0.15) is 22.4 Å². The van der Waals surface area contributed by atoms with Crippen LogP contribution in [-0.4, -0.2) is 48.5 Å². The van der Waals surface area contributed by atoms with Crippen molar-refractivity contribution >= 4 is 27.6 Å². The number of nitrogens with two attached hydrogens (primary N) is 1. The van der Waals surface area contributed by atoms with E-state index in [1.807, 2.05) is 4.90 Å². The van der Waals surface area contributed by atoms with Crippen LogP contribution in [0.15, 0.2) is 10.8 Å². The molecule has 0 aliphatic heterocycles. The molecule has 90 valence electrons. The van der Waals surface area contributed by atoms with E-state index in [1.54, 1.807) is 7.11 Å². The Morgan fingerprint density at radius 3 is 2.88 bits per heavy atom. The second-order valence-electron chi connectivity index (χ2n) is 3.10. The summed E-state index contributed by atoms with van der Waals surface area (Å²) in [5.41, 5.74) is 5.66. The van der Waals surface area contributed by atoms with Crippen molar-refractivity contribution in [1.29, 1.82) is 0 Å². The third-order valence-electron chi connectivity index (χ3n) is 2.03. The third kappa shape index (κ3) is 3.29. The number of ether oxygens (including phenoxy) is 1. The molecule has 1 rings (SSSR count). The summed E-state index contributed by atoms with van der Waals surface area (Å²) in [6.07, 6.45) is 1.40. The van der Waals surface area contributed by atoms with Crippen LogP contribution >= 0.6 is 15.9 Å². The minimum Gasteiger partial charge on any atom is -0.395 e. The number of anilines is 2. The maximum Gasteiger partial charge on any atom is 0.148 e. The Morgan fingerprint density at radius 1 is 1.50 bits per heavy atom. The standard InChI is InChI=1S/C9H15BrN4O2/c1-16-5-3-14(2-4-15)9-7(10)8(11)12-6-13-9/h6,15H,2-5H2,1H3,(H2,11,12,13). The van der Waals surface area contributed by atoms with Crippen molar-refractivity contribution in [2.24, 2.45) is 0 Å². The Hall–Kier alpha value is -0.920. The van der Waals surface area contributed by atoms with Gasteiger partial charge in [0, 0.05) is 20.2 Å². The average molecular weight is 291 g/mol. The predicted molar refractivity (Wildman–Crippen MR) is 65.3 cm³/mol. The molecule has 0 radical (unpaired) electrons. The molecule has 3 N–H and O–H groups in total. The second-order valence-corrected chi connectivity index (χ2v) is 3.89. The highest BCUT2D eigenvalue weighted by molar-refractivity contribution is 9.10. The number of aromatic nitrogens is 2. The van der Waals surface area contributed by atoms with Gasteiger partial charge in [-0.3, -0.25) is 0 Å². The summed E-state index contributed by atoms with van der Waals surface area (Å²) < 4.78 is 5.64. The fourth-order valence-electron chi connectivity index (χ4n) is 1.24. The molecule has 0 amide bonds. The third-order valence-corrected chi connectivity index (χ3v) is 2.79. The number of halogens is 1. The van der Waals surface area contributed by atoms with E-state index in [1.165, 1.54) is 6.33 Å². The monoisotopic (exact) mass is 290 g/mol. The zero-order valence-electron chi connectivity index (χ0n) is 9.06. The zero-order chi connectivity index (χ0) is 12.0. The van der Waals surface area contributed by atoms with Crippen molar-refractivity contribution in [3.63, 3.8) is 0 Å². The number of aliphatic hydroxyl groups is 1. The molecule has 6 nitrogen and oxygen atoms in total. The summed E-state index contributed by atoms with van der Waals surface area (Å²) in [4.78, 5) is 9.87. The van der Waals surface area contributed by atoms with Crippen molar-refractivity contribution in [2.75, 3.05) is 44.0 Å². The van der Waals surface area contributed by atoms with Gasteiger partial charge in [-0.1, -0.05) is 0 Å². The van der Waals surface area contributed by atoms with Gasteiger partial charge in [0.2, 0.25) is 0 Å². The first-order chi connectivity index (χ1) is 7.70. The summed E-state index contributed by atoms with van der Waals surface area (Å²) in [6.45, 7) is 1.70. The molecule has 0 bridgehead atoms. The van der Waals surface area contributed by atoms with Crippen LogP contribution in [0.5, 0.6) is 0 Å². The smallest absolute Gasteiger partial charge is 0.148 e. The van der Waals surface area contributed by atoms with Gasteiger partial charge in [-0.05, 0) is 15.9 Å². The van der Waals surface area contributed by atoms with Crippen molar-refractivity contribution in [3.8, 4) is 0 Å². The van der Waals surface area contributed by atoms with Crippen molar-refractivity contribution < 1.29 is 9.84 Å². The Morgan fingerprint density at radius 2 is 2.25 bits per heavy atom. The molecule has 0 fully saturated rings. The molecule has 0 aliphatic carbocycles. The molecule has 0 saturated heterocycles. The van der Waals surface area contributed by atoms with Crippen LogP contribution in [-0.2, 0) is 4.74 Å². The van der Waals surface area contributed by atoms with Crippen molar-refractivity contribution in [1.82, 2.24) is 9.97 Å². The van der Waals surface area contributed by atoms with E-state index in [0.717, 1.165) is 0 Å². The Bertz CT molecular complexity index is 337. The van der Waals surface area contributed by atoms with Gasteiger partial charge in [-0.2, -0.15) is 0 Å². The quantitative estimate of drug-likeness (QED) is 0.782. The van der Waals surface area contributed by atoms with E-state index in [9.17, 15) is 0 Å². The molecule has 0 aliphatic rings. The van der Waals surface area contributed by atoms with Crippen molar-refractivity contribution in [3.05, 3.63) is 10.8 Å². The molecule has 0 spiro atoms. The molecule has 1 heterocycles. The number of nitrogens with zero attached hydrogens (tertiary/aromatic N) is 3. The molecule has 1 aromatic heterocycles. The molecular formula is C9H15BrN4O2. The van der Waals surface area contributed by atoms with Crippen LogP contribution in [0.1, 0.15) is 0 Å². The first-order valence-corrected chi connectivity index (χ1v) is 5.60. The molecular weight excluding hydrogens is 276 g/mol. The maximum absolute atomic E-state index is 8.99. The maximum atomic E-state index is 8.99. The minimum absolute atomic E-state index is 0.0417. The minimum atomic E-state index is 0.0417. The van der Waals surface area contributed by atoms with Gasteiger partial charge >= 0.3 is 0 Å². The average Bonchev–Trinajstić information content (AvgIpc) is 2.28. The lowest BCUT2D eigenvalue weighted by atomic mass is 10.4. The fourth-order valence-corrected chi connectivity index (χ4v) is 1.70. The van der Waals surface area contributed by atoms with Crippen LogP contribution in [0.2, 0.25) is 0 Å². The highest BCUT2D eigenvalue weighted by Crippen LogP contribution is 2.26.